The van der Waals surface area contributed by atoms with Gasteiger partial charge in [0.1, 0.15) is 0 Å². The molecule has 0 aliphatic carbocycles. The Morgan fingerprint density at radius 2 is 1.31 bits per heavy atom. The summed E-state index contributed by atoms with van der Waals surface area (Å²) in [6.45, 7) is 0.472. The number of nitrogens with one attached hydrogen (secondary N) is 1. The van der Waals surface area contributed by atoms with Crippen LogP contribution in [0.5, 0.6) is 0 Å². The molecule has 1 N–H and O–H groups in total. The van der Waals surface area contributed by atoms with Gasteiger partial charge in [0.25, 0.3) is 5.91 Å². The van der Waals surface area contributed by atoms with Crippen molar-refractivity contribution < 1.29 is 9.59 Å². The van der Waals surface area contributed by atoms with Crippen molar-refractivity contribution in [3.63, 3.8) is 0 Å². The SMILES string of the molecule is O=C(C=Cc1ccccc1)c1ccc(C(=O)NCc2ccccc2)cc1. The van der Waals surface area contributed by atoms with E-state index < -0.39 is 0 Å². The van der Waals surface area contributed by atoms with Crippen LogP contribution >= 0.6 is 0 Å². The number of carbonyl (C=O) groups is 2. The molecule has 0 aromatic heterocycles. The zero-order valence-corrected chi connectivity index (χ0v) is 14.3. The molecule has 26 heavy (non-hydrogen) atoms. The van der Waals surface area contributed by atoms with Gasteiger partial charge < -0.3 is 5.32 Å². The molecule has 3 aromatic rings. The van der Waals surface area contributed by atoms with E-state index in [-0.39, 0.29) is 11.7 Å². The molecule has 0 unspecified atom stereocenters. The fraction of sp³-hybridized carbons (Fsp3) is 0.0435. The zero-order valence-electron chi connectivity index (χ0n) is 14.3. The van der Waals surface area contributed by atoms with Gasteiger partial charge in [0.15, 0.2) is 5.78 Å². The monoisotopic (exact) mass is 341 g/mol. The number of amides is 1. The molecule has 0 saturated carbocycles. The second-order valence-corrected chi connectivity index (χ2v) is 5.85. The molecule has 0 atom stereocenters. The lowest BCUT2D eigenvalue weighted by molar-refractivity contribution is 0.0949. The highest BCUT2D eigenvalue weighted by atomic mass is 16.1. The standard InChI is InChI=1S/C23H19NO2/c25-22(16-11-18-7-3-1-4-8-18)20-12-14-21(15-13-20)23(26)24-17-19-9-5-2-6-10-19/h1-16H,17H2,(H,24,26). The Balaban J connectivity index is 1.59. The molecule has 0 heterocycles. The number of benzene rings is 3. The highest BCUT2D eigenvalue weighted by Gasteiger charge is 2.07. The Morgan fingerprint density at radius 1 is 0.731 bits per heavy atom. The van der Waals surface area contributed by atoms with Crippen molar-refractivity contribution in [1.82, 2.24) is 5.32 Å². The van der Waals surface area contributed by atoms with Gasteiger partial charge in [-0.1, -0.05) is 78.9 Å². The zero-order chi connectivity index (χ0) is 18.2. The number of allylic oxidation sites excluding steroid dienone is 1. The first-order valence-corrected chi connectivity index (χ1v) is 8.42. The number of hydrogen-bond donors (Lipinski definition) is 1. The summed E-state index contributed by atoms with van der Waals surface area (Å²) in [6, 6.07) is 26.1. The van der Waals surface area contributed by atoms with Gasteiger partial charge in [-0.2, -0.15) is 0 Å². The van der Waals surface area contributed by atoms with Crippen molar-refractivity contribution in [3.8, 4) is 0 Å². The van der Waals surface area contributed by atoms with Gasteiger partial charge >= 0.3 is 0 Å². The maximum atomic E-state index is 12.2. The van der Waals surface area contributed by atoms with Crippen LogP contribution in [-0.2, 0) is 6.54 Å². The van der Waals surface area contributed by atoms with Crippen LogP contribution in [0.15, 0.2) is 91.0 Å². The largest absolute Gasteiger partial charge is 0.348 e. The Labute approximate surface area is 153 Å². The van der Waals surface area contributed by atoms with E-state index in [2.05, 4.69) is 5.32 Å². The molecular weight excluding hydrogens is 322 g/mol. The van der Waals surface area contributed by atoms with E-state index in [4.69, 9.17) is 0 Å². The summed E-state index contributed by atoms with van der Waals surface area (Å²) in [5.74, 6) is -0.252. The first kappa shape index (κ1) is 17.4. The summed E-state index contributed by atoms with van der Waals surface area (Å²) in [6.07, 6.45) is 3.32. The molecule has 0 radical (unpaired) electrons. The Hall–Kier alpha value is -3.46. The van der Waals surface area contributed by atoms with E-state index in [0.717, 1.165) is 11.1 Å². The molecule has 3 rings (SSSR count). The average molecular weight is 341 g/mol. The number of hydrogen-bond acceptors (Lipinski definition) is 2. The molecule has 0 bridgehead atoms. The van der Waals surface area contributed by atoms with Gasteiger partial charge in [-0.25, -0.2) is 0 Å². The molecule has 0 spiro atoms. The van der Waals surface area contributed by atoms with Crippen LogP contribution in [0.3, 0.4) is 0 Å². The van der Waals surface area contributed by atoms with Crippen LogP contribution in [0.1, 0.15) is 31.8 Å². The third-order valence-corrected chi connectivity index (χ3v) is 3.95. The van der Waals surface area contributed by atoms with Gasteiger partial charge in [0.2, 0.25) is 0 Å². The highest BCUT2D eigenvalue weighted by molar-refractivity contribution is 6.07. The number of ketones is 1. The van der Waals surface area contributed by atoms with Crippen molar-refractivity contribution in [2.45, 2.75) is 6.54 Å². The molecule has 1 amide bonds. The van der Waals surface area contributed by atoms with Crippen LogP contribution in [0.4, 0.5) is 0 Å². The molecule has 3 nitrogen and oxygen atoms in total. The molecule has 0 aliphatic heterocycles. The summed E-state index contributed by atoms with van der Waals surface area (Å²) in [5, 5.41) is 2.87. The molecule has 0 saturated heterocycles. The topological polar surface area (TPSA) is 46.2 Å². The summed E-state index contributed by atoms with van der Waals surface area (Å²) in [7, 11) is 0. The van der Waals surface area contributed by atoms with Crippen LogP contribution in [0, 0.1) is 0 Å². The van der Waals surface area contributed by atoms with E-state index in [9.17, 15) is 9.59 Å². The van der Waals surface area contributed by atoms with Gasteiger partial charge in [-0.15, -0.1) is 0 Å². The van der Waals surface area contributed by atoms with Gasteiger partial charge in [-0.05, 0) is 29.3 Å². The highest BCUT2D eigenvalue weighted by Crippen LogP contribution is 2.09. The van der Waals surface area contributed by atoms with E-state index in [1.54, 1.807) is 36.4 Å². The van der Waals surface area contributed by atoms with Crippen molar-refractivity contribution >= 4 is 17.8 Å². The normalized spacial score (nSPS) is 10.6. The Morgan fingerprint density at radius 3 is 1.96 bits per heavy atom. The molecule has 0 fully saturated rings. The lowest BCUT2D eigenvalue weighted by Crippen LogP contribution is -2.22. The third kappa shape index (κ3) is 4.77. The Kier molecular flexibility index (Phi) is 5.73. The minimum Gasteiger partial charge on any atom is -0.348 e. The Bertz CT molecular complexity index is 898. The minimum atomic E-state index is -0.160. The van der Waals surface area contributed by atoms with E-state index in [1.165, 1.54) is 0 Å². The van der Waals surface area contributed by atoms with Crippen LogP contribution in [0.25, 0.3) is 6.08 Å². The fourth-order valence-corrected chi connectivity index (χ4v) is 2.50. The summed E-state index contributed by atoms with van der Waals surface area (Å²) in [5.41, 5.74) is 3.10. The summed E-state index contributed by atoms with van der Waals surface area (Å²) >= 11 is 0. The van der Waals surface area contributed by atoms with E-state index >= 15 is 0 Å². The second kappa shape index (κ2) is 8.58. The minimum absolute atomic E-state index is 0.0925. The quantitative estimate of drug-likeness (QED) is 0.529. The smallest absolute Gasteiger partial charge is 0.251 e. The van der Waals surface area contributed by atoms with E-state index in [1.807, 2.05) is 60.7 Å². The van der Waals surface area contributed by atoms with Crippen LogP contribution in [0.2, 0.25) is 0 Å². The molecular formula is C23H19NO2. The first-order valence-electron chi connectivity index (χ1n) is 8.42. The van der Waals surface area contributed by atoms with Crippen molar-refractivity contribution in [1.29, 1.82) is 0 Å². The fourth-order valence-electron chi connectivity index (χ4n) is 2.50. The average Bonchev–Trinajstić information content (AvgIpc) is 2.72. The maximum absolute atomic E-state index is 12.2. The van der Waals surface area contributed by atoms with Crippen molar-refractivity contribution in [2.24, 2.45) is 0 Å². The molecule has 3 aromatic carbocycles. The summed E-state index contributed by atoms with van der Waals surface area (Å²) < 4.78 is 0. The van der Waals surface area contributed by atoms with Crippen LogP contribution < -0.4 is 5.32 Å². The number of rotatable bonds is 6. The predicted molar refractivity (Wildman–Crippen MR) is 104 cm³/mol. The van der Waals surface area contributed by atoms with Gasteiger partial charge in [-0.3, -0.25) is 9.59 Å². The van der Waals surface area contributed by atoms with Crippen molar-refractivity contribution in [2.75, 3.05) is 0 Å². The van der Waals surface area contributed by atoms with Gasteiger partial charge in [0, 0.05) is 17.7 Å². The summed E-state index contributed by atoms with van der Waals surface area (Å²) in [4.78, 5) is 24.4. The lowest BCUT2D eigenvalue weighted by Gasteiger charge is -2.06. The van der Waals surface area contributed by atoms with Crippen molar-refractivity contribution in [3.05, 3.63) is 113 Å². The van der Waals surface area contributed by atoms with Crippen LogP contribution in [-0.4, -0.2) is 11.7 Å². The molecule has 3 heteroatoms. The second-order valence-electron chi connectivity index (χ2n) is 5.85. The van der Waals surface area contributed by atoms with Gasteiger partial charge in [0.05, 0.1) is 0 Å². The number of carbonyl (C=O) groups excluding carboxylic acids is 2. The molecule has 128 valence electrons. The third-order valence-electron chi connectivity index (χ3n) is 3.95. The first-order chi connectivity index (χ1) is 12.7. The predicted octanol–water partition coefficient (Wildman–Crippen LogP) is 4.51. The maximum Gasteiger partial charge on any atom is 0.251 e. The molecule has 0 aliphatic rings. The van der Waals surface area contributed by atoms with E-state index in [0.29, 0.717) is 17.7 Å². The lowest BCUT2D eigenvalue weighted by atomic mass is 10.1.